The number of nitrogens with zero attached hydrogens (tertiary/aromatic N) is 2. The van der Waals surface area contributed by atoms with Crippen molar-refractivity contribution in [1.82, 2.24) is 4.98 Å². The molecule has 0 aliphatic heterocycles. The van der Waals surface area contributed by atoms with E-state index >= 15 is 0 Å². The van der Waals surface area contributed by atoms with E-state index in [9.17, 15) is 23.7 Å². The molecule has 0 aromatic carbocycles. The van der Waals surface area contributed by atoms with E-state index in [1.54, 1.807) is 0 Å². The second kappa shape index (κ2) is 4.39. The van der Waals surface area contributed by atoms with Gasteiger partial charge in [0.2, 0.25) is 0 Å². The molecule has 1 aromatic rings. The summed E-state index contributed by atoms with van der Waals surface area (Å²) in [6.07, 6.45) is -2.78. The minimum Gasteiger partial charge on any atom is -0.298 e. The van der Waals surface area contributed by atoms with E-state index in [1.165, 1.54) is 0 Å². The Morgan fingerprint density at radius 3 is 2.60 bits per heavy atom. The molecule has 0 radical (unpaired) electrons. The van der Waals surface area contributed by atoms with Gasteiger partial charge in [-0.2, -0.15) is 0 Å². The summed E-state index contributed by atoms with van der Waals surface area (Å²) < 4.78 is 24.5. The van der Waals surface area contributed by atoms with Gasteiger partial charge in [0.05, 0.1) is 10.5 Å². The molecule has 80 valence electrons. The average Bonchev–Trinajstić information content (AvgIpc) is 2.16. The summed E-state index contributed by atoms with van der Waals surface area (Å²) in [5.74, 6) is 0. The topological polar surface area (TPSA) is 73.1 Å². The van der Waals surface area contributed by atoms with Gasteiger partial charge in [-0.05, 0) is 15.9 Å². The van der Waals surface area contributed by atoms with Crippen LogP contribution in [0.2, 0.25) is 0 Å². The van der Waals surface area contributed by atoms with E-state index in [0.717, 1.165) is 6.07 Å². The van der Waals surface area contributed by atoms with Gasteiger partial charge in [0.1, 0.15) is 4.60 Å². The van der Waals surface area contributed by atoms with Gasteiger partial charge in [0, 0.05) is 6.07 Å². The SMILES string of the molecule is O=Cc1cc([N+](=O)[O-])c(C(F)F)nc1Br. The summed E-state index contributed by atoms with van der Waals surface area (Å²) in [6.45, 7) is 0. The van der Waals surface area contributed by atoms with E-state index < -0.39 is 22.7 Å². The normalized spacial score (nSPS) is 10.4. The van der Waals surface area contributed by atoms with Crippen molar-refractivity contribution in [3.05, 3.63) is 32.0 Å². The number of pyridine rings is 1. The van der Waals surface area contributed by atoms with Crippen molar-refractivity contribution < 1.29 is 18.5 Å². The van der Waals surface area contributed by atoms with E-state index in [2.05, 4.69) is 20.9 Å². The van der Waals surface area contributed by atoms with Gasteiger partial charge in [0.25, 0.3) is 12.1 Å². The Kier molecular flexibility index (Phi) is 3.40. The second-order valence-corrected chi connectivity index (χ2v) is 3.20. The molecule has 0 saturated heterocycles. The van der Waals surface area contributed by atoms with E-state index in [-0.39, 0.29) is 10.2 Å². The highest BCUT2D eigenvalue weighted by molar-refractivity contribution is 9.10. The predicted octanol–water partition coefficient (Wildman–Crippen LogP) is 2.50. The Morgan fingerprint density at radius 2 is 2.20 bits per heavy atom. The lowest BCUT2D eigenvalue weighted by atomic mass is 10.2. The van der Waals surface area contributed by atoms with Gasteiger partial charge >= 0.3 is 0 Å². The van der Waals surface area contributed by atoms with Crippen molar-refractivity contribution >= 4 is 27.9 Å². The summed E-state index contributed by atoms with van der Waals surface area (Å²) in [4.78, 5) is 23.1. The maximum atomic E-state index is 12.3. The summed E-state index contributed by atoms with van der Waals surface area (Å²) >= 11 is 2.76. The monoisotopic (exact) mass is 280 g/mol. The van der Waals surface area contributed by atoms with Crippen LogP contribution in [0.25, 0.3) is 0 Å². The van der Waals surface area contributed by atoms with Crippen LogP contribution in [0, 0.1) is 10.1 Å². The molecule has 1 heterocycles. The molecular formula is C7H3BrF2N2O3. The molecule has 5 nitrogen and oxygen atoms in total. The van der Waals surface area contributed by atoms with Gasteiger partial charge in [0.15, 0.2) is 12.0 Å². The highest BCUT2D eigenvalue weighted by atomic mass is 79.9. The van der Waals surface area contributed by atoms with Gasteiger partial charge in [-0.15, -0.1) is 0 Å². The fourth-order valence-electron chi connectivity index (χ4n) is 0.898. The largest absolute Gasteiger partial charge is 0.298 e. The fourth-order valence-corrected chi connectivity index (χ4v) is 1.30. The third-order valence-corrected chi connectivity index (χ3v) is 2.18. The Hall–Kier alpha value is -1.44. The highest BCUT2D eigenvalue weighted by Crippen LogP contribution is 2.30. The molecule has 0 atom stereocenters. The van der Waals surface area contributed by atoms with Gasteiger partial charge in [-0.1, -0.05) is 0 Å². The molecule has 0 bridgehead atoms. The summed E-state index contributed by atoms with van der Waals surface area (Å²) in [6, 6.07) is 0.756. The zero-order chi connectivity index (χ0) is 11.6. The maximum absolute atomic E-state index is 12.3. The van der Waals surface area contributed by atoms with Crippen LogP contribution in [0.4, 0.5) is 14.5 Å². The van der Waals surface area contributed by atoms with Crippen LogP contribution in [-0.4, -0.2) is 16.2 Å². The first-order valence-electron chi connectivity index (χ1n) is 3.55. The van der Waals surface area contributed by atoms with Crippen LogP contribution in [0.1, 0.15) is 22.5 Å². The lowest BCUT2D eigenvalue weighted by Crippen LogP contribution is -2.02. The van der Waals surface area contributed by atoms with E-state index in [1.807, 2.05) is 0 Å². The quantitative estimate of drug-likeness (QED) is 0.369. The number of aldehydes is 1. The number of carbonyl (C=O) groups is 1. The average molecular weight is 281 g/mol. The van der Waals surface area contributed by atoms with E-state index in [4.69, 9.17) is 0 Å². The molecule has 15 heavy (non-hydrogen) atoms. The number of carbonyl (C=O) groups excluding carboxylic acids is 1. The molecular weight excluding hydrogens is 278 g/mol. The maximum Gasteiger partial charge on any atom is 0.297 e. The van der Waals surface area contributed by atoms with Crippen LogP contribution in [0.15, 0.2) is 10.7 Å². The van der Waals surface area contributed by atoms with Crippen molar-refractivity contribution in [1.29, 1.82) is 0 Å². The molecule has 0 aliphatic rings. The van der Waals surface area contributed by atoms with E-state index in [0.29, 0.717) is 6.29 Å². The van der Waals surface area contributed by atoms with Gasteiger partial charge in [-0.3, -0.25) is 14.9 Å². The number of nitro groups is 1. The lowest BCUT2D eigenvalue weighted by molar-refractivity contribution is -0.386. The number of rotatable bonds is 3. The highest BCUT2D eigenvalue weighted by Gasteiger charge is 2.25. The van der Waals surface area contributed by atoms with Crippen LogP contribution < -0.4 is 0 Å². The molecule has 0 saturated carbocycles. The summed E-state index contributed by atoms with van der Waals surface area (Å²) in [5, 5.41) is 10.4. The zero-order valence-electron chi connectivity index (χ0n) is 6.99. The molecule has 0 amide bonds. The molecule has 1 rings (SSSR count). The van der Waals surface area contributed by atoms with Crippen molar-refractivity contribution in [2.24, 2.45) is 0 Å². The van der Waals surface area contributed by atoms with Crippen LogP contribution in [0.5, 0.6) is 0 Å². The first-order chi connectivity index (χ1) is 6.97. The standard InChI is InChI=1S/C7H3BrF2N2O3/c8-6-3(2-13)1-4(12(14)15)5(11-6)7(9)10/h1-2,7H. The Balaban J connectivity index is 3.45. The lowest BCUT2D eigenvalue weighted by Gasteiger charge is -2.02. The molecule has 0 unspecified atom stereocenters. The summed E-state index contributed by atoms with van der Waals surface area (Å²) in [7, 11) is 0. The minimum atomic E-state index is -3.07. The van der Waals surface area contributed by atoms with Crippen molar-refractivity contribution in [2.75, 3.05) is 0 Å². The van der Waals surface area contributed by atoms with Crippen LogP contribution >= 0.6 is 15.9 Å². The molecule has 0 fully saturated rings. The first kappa shape index (κ1) is 11.6. The van der Waals surface area contributed by atoms with Crippen LogP contribution in [0.3, 0.4) is 0 Å². The number of halogens is 3. The van der Waals surface area contributed by atoms with Crippen molar-refractivity contribution in [3.8, 4) is 0 Å². The van der Waals surface area contributed by atoms with Crippen molar-refractivity contribution in [2.45, 2.75) is 6.43 Å². The Morgan fingerprint density at radius 1 is 1.60 bits per heavy atom. The zero-order valence-corrected chi connectivity index (χ0v) is 8.57. The molecule has 1 aromatic heterocycles. The minimum absolute atomic E-state index is 0.140. The predicted molar refractivity (Wildman–Crippen MR) is 48.9 cm³/mol. The summed E-state index contributed by atoms with van der Waals surface area (Å²) in [5.41, 5.74) is -1.97. The molecule has 0 aliphatic carbocycles. The number of aromatic nitrogens is 1. The number of hydrogen-bond donors (Lipinski definition) is 0. The molecule has 8 heteroatoms. The van der Waals surface area contributed by atoms with Gasteiger partial charge < -0.3 is 0 Å². The fraction of sp³-hybridized carbons (Fsp3) is 0.143. The Labute approximate surface area is 90.4 Å². The molecule has 0 N–H and O–H groups in total. The first-order valence-corrected chi connectivity index (χ1v) is 4.34. The third kappa shape index (κ3) is 2.32. The van der Waals surface area contributed by atoms with Crippen molar-refractivity contribution in [3.63, 3.8) is 0 Å². The smallest absolute Gasteiger partial charge is 0.297 e. The Bertz CT molecular complexity index is 425. The number of alkyl halides is 2. The van der Waals surface area contributed by atoms with Gasteiger partial charge in [-0.25, -0.2) is 13.8 Å². The third-order valence-electron chi connectivity index (χ3n) is 1.54. The van der Waals surface area contributed by atoms with Crippen LogP contribution in [-0.2, 0) is 0 Å². The molecule has 0 spiro atoms. The second-order valence-electron chi connectivity index (χ2n) is 2.45. The number of hydrogen-bond acceptors (Lipinski definition) is 4.